The standard InChI is InChI=1S/C25H39F2N3O3/c1-5-6-7-19(2)18-33-24(22(27)14-20(3)26)16-21-15-23(21)28-17-25(31)30-10-8-29(9-11-30)12-13-32-4/h5-7,14,21,23,28H,8-13,15-18H2,1-4H3/b6-5-,19-7+,20-14+,24-22-. The molecule has 2 atom stereocenters. The summed E-state index contributed by atoms with van der Waals surface area (Å²) in [7, 11) is 1.69. The Morgan fingerprint density at radius 1 is 1.18 bits per heavy atom. The maximum Gasteiger partial charge on any atom is 0.236 e. The molecule has 0 aromatic carbocycles. The Bertz CT molecular complexity index is 752. The fraction of sp³-hybridized carbons (Fsp3) is 0.640. The predicted octanol–water partition coefficient (Wildman–Crippen LogP) is 3.74. The van der Waals surface area contributed by atoms with Crippen LogP contribution in [0.5, 0.6) is 0 Å². The van der Waals surface area contributed by atoms with E-state index in [0.29, 0.717) is 13.0 Å². The maximum atomic E-state index is 14.5. The summed E-state index contributed by atoms with van der Waals surface area (Å²) >= 11 is 0. The lowest BCUT2D eigenvalue weighted by Crippen LogP contribution is -2.51. The molecule has 2 aliphatic rings. The van der Waals surface area contributed by atoms with Crippen molar-refractivity contribution >= 4 is 5.91 Å². The van der Waals surface area contributed by atoms with E-state index in [1.54, 1.807) is 7.11 Å². The van der Waals surface area contributed by atoms with Gasteiger partial charge in [-0.3, -0.25) is 9.69 Å². The van der Waals surface area contributed by atoms with Gasteiger partial charge in [0.2, 0.25) is 5.91 Å². The fourth-order valence-corrected chi connectivity index (χ4v) is 3.72. The Morgan fingerprint density at radius 3 is 2.55 bits per heavy atom. The topological polar surface area (TPSA) is 54.0 Å². The molecule has 6 nitrogen and oxygen atoms in total. The van der Waals surface area contributed by atoms with Crippen LogP contribution in [0.2, 0.25) is 0 Å². The Hall–Kier alpha value is -2.03. The van der Waals surface area contributed by atoms with E-state index in [2.05, 4.69) is 10.2 Å². The quantitative estimate of drug-likeness (QED) is 0.330. The number of nitrogens with one attached hydrogen (secondary N) is 1. The third-order valence-electron chi connectivity index (χ3n) is 5.86. The molecule has 0 aromatic rings. The van der Waals surface area contributed by atoms with E-state index in [9.17, 15) is 13.6 Å². The molecule has 0 spiro atoms. The lowest BCUT2D eigenvalue weighted by atomic mass is 10.2. The summed E-state index contributed by atoms with van der Waals surface area (Å²) in [5.41, 5.74) is 0.942. The van der Waals surface area contributed by atoms with Crippen LogP contribution in [0.1, 0.15) is 33.6 Å². The van der Waals surface area contributed by atoms with E-state index in [1.165, 1.54) is 6.92 Å². The van der Waals surface area contributed by atoms with Gasteiger partial charge in [0.25, 0.3) is 0 Å². The molecule has 2 unspecified atom stereocenters. The first kappa shape index (κ1) is 27.2. The molecule has 1 aliphatic carbocycles. The third kappa shape index (κ3) is 10.2. The lowest BCUT2D eigenvalue weighted by molar-refractivity contribution is -0.132. The molecular formula is C25H39F2N3O3. The van der Waals surface area contributed by atoms with Crippen LogP contribution in [-0.2, 0) is 14.3 Å². The number of amides is 1. The van der Waals surface area contributed by atoms with Crippen LogP contribution in [0.3, 0.4) is 0 Å². The van der Waals surface area contributed by atoms with Crippen LogP contribution in [-0.4, -0.2) is 81.3 Å². The number of piperazine rings is 1. The second kappa shape index (κ2) is 14.3. The third-order valence-corrected chi connectivity index (χ3v) is 5.86. The zero-order valence-corrected chi connectivity index (χ0v) is 20.4. The van der Waals surface area contributed by atoms with E-state index in [-0.39, 0.29) is 36.8 Å². The molecule has 2 rings (SSSR count). The number of hydrogen-bond acceptors (Lipinski definition) is 5. The van der Waals surface area contributed by atoms with Crippen molar-refractivity contribution in [3.8, 4) is 0 Å². The molecule has 186 valence electrons. The van der Waals surface area contributed by atoms with Gasteiger partial charge in [0.1, 0.15) is 12.4 Å². The minimum atomic E-state index is -0.679. The lowest BCUT2D eigenvalue weighted by Gasteiger charge is -2.34. The molecule has 1 aliphatic heterocycles. The molecule has 1 heterocycles. The summed E-state index contributed by atoms with van der Waals surface area (Å²) in [5.74, 6) is -0.869. The average Bonchev–Trinajstić information content (AvgIpc) is 3.55. The first-order chi connectivity index (χ1) is 15.8. The second-order valence-corrected chi connectivity index (χ2v) is 8.73. The zero-order valence-electron chi connectivity index (χ0n) is 20.4. The van der Waals surface area contributed by atoms with Crippen LogP contribution in [0, 0.1) is 5.92 Å². The minimum Gasteiger partial charge on any atom is -0.491 e. The fourth-order valence-electron chi connectivity index (χ4n) is 3.72. The van der Waals surface area contributed by atoms with Gasteiger partial charge < -0.3 is 19.7 Å². The number of rotatable bonds is 13. The van der Waals surface area contributed by atoms with Gasteiger partial charge in [0.15, 0.2) is 5.83 Å². The first-order valence-corrected chi connectivity index (χ1v) is 11.7. The molecule has 0 radical (unpaired) electrons. The number of hydrogen-bond donors (Lipinski definition) is 1. The second-order valence-electron chi connectivity index (χ2n) is 8.73. The van der Waals surface area contributed by atoms with Crippen LogP contribution >= 0.6 is 0 Å². The van der Waals surface area contributed by atoms with Crippen molar-refractivity contribution in [2.24, 2.45) is 5.92 Å². The van der Waals surface area contributed by atoms with Gasteiger partial charge in [-0.1, -0.05) is 18.2 Å². The summed E-state index contributed by atoms with van der Waals surface area (Å²) in [5, 5.41) is 3.29. The molecular weight excluding hydrogens is 428 g/mol. The van der Waals surface area contributed by atoms with Gasteiger partial charge in [0, 0.05) is 58.4 Å². The van der Waals surface area contributed by atoms with Gasteiger partial charge in [-0.15, -0.1) is 0 Å². The van der Waals surface area contributed by atoms with E-state index >= 15 is 0 Å². The molecule has 0 bridgehead atoms. The molecule has 0 aromatic heterocycles. The summed E-state index contributed by atoms with van der Waals surface area (Å²) in [4.78, 5) is 16.7. The Morgan fingerprint density at radius 2 is 1.91 bits per heavy atom. The van der Waals surface area contributed by atoms with Crippen molar-refractivity contribution in [1.29, 1.82) is 0 Å². The predicted molar refractivity (Wildman–Crippen MR) is 127 cm³/mol. The Labute approximate surface area is 197 Å². The normalized spacial score (nSPS) is 23.2. The highest BCUT2D eigenvalue weighted by atomic mass is 19.1. The Kier molecular flexibility index (Phi) is 11.8. The highest BCUT2D eigenvalue weighted by Crippen LogP contribution is 2.37. The van der Waals surface area contributed by atoms with Crippen molar-refractivity contribution in [2.45, 2.75) is 39.7 Å². The van der Waals surface area contributed by atoms with E-state index in [4.69, 9.17) is 9.47 Å². The van der Waals surface area contributed by atoms with Gasteiger partial charge >= 0.3 is 0 Å². The summed E-state index contributed by atoms with van der Waals surface area (Å²) in [6.07, 6.45) is 7.76. The Balaban J connectivity index is 1.79. The number of allylic oxidation sites excluding steroid dienone is 7. The number of methoxy groups -OCH3 is 1. The van der Waals surface area contributed by atoms with Crippen LogP contribution in [0.25, 0.3) is 0 Å². The molecule has 2 fully saturated rings. The van der Waals surface area contributed by atoms with Crippen molar-refractivity contribution < 1.29 is 23.0 Å². The van der Waals surface area contributed by atoms with E-state index < -0.39 is 11.7 Å². The average molecular weight is 468 g/mol. The van der Waals surface area contributed by atoms with Crippen molar-refractivity contribution in [3.63, 3.8) is 0 Å². The molecule has 1 amide bonds. The number of halogens is 2. The molecule has 1 saturated carbocycles. The van der Waals surface area contributed by atoms with Crippen molar-refractivity contribution in [3.05, 3.63) is 47.3 Å². The van der Waals surface area contributed by atoms with Crippen LogP contribution < -0.4 is 5.32 Å². The SMILES string of the molecule is C/C=C\C=C(/C)CO/C(CC1CC1NCC(=O)N1CCN(CCOC)CC1)=C(F)/C=C(\C)F. The number of carbonyl (C=O) groups excluding carboxylic acids is 1. The van der Waals surface area contributed by atoms with E-state index in [1.807, 2.05) is 37.0 Å². The monoisotopic (exact) mass is 467 g/mol. The van der Waals surface area contributed by atoms with Crippen molar-refractivity contribution in [1.82, 2.24) is 15.1 Å². The first-order valence-electron chi connectivity index (χ1n) is 11.7. The molecule has 33 heavy (non-hydrogen) atoms. The smallest absolute Gasteiger partial charge is 0.236 e. The summed E-state index contributed by atoms with van der Waals surface area (Å²) in [6, 6.07) is 0.137. The van der Waals surface area contributed by atoms with Gasteiger partial charge in [-0.2, -0.15) is 0 Å². The largest absolute Gasteiger partial charge is 0.491 e. The summed E-state index contributed by atoms with van der Waals surface area (Å²) in [6.45, 7) is 10.3. The molecule has 1 N–H and O–H groups in total. The zero-order chi connectivity index (χ0) is 24.2. The van der Waals surface area contributed by atoms with Crippen LogP contribution in [0.4, 0.5) is 8.78 Å². The van der Waals surface area contributed by atoms with Crippen LogP contribution in [0.15, 0.2) is 47.3 Å². The summed E-state index contributed by atoms with van der Waals surface area (Å²) < 4.78 is 38.5. The van der Waals surface area contributed by atoms with E-state index in [0.717, 1.165) is 50.8 Å². The minimum absolute atomic E-state index is 0.0889. The highest BCUT2D eigenvalue weighted by molar-refractivity contribution is 5.78. The highest BCUT2D eigenvalue weighted by Gasteiger charge is 2.38. The number of carbonyl (C=O) groups is 1. The number of nitrogens with zero attached hydrogens (tertiary/aromatic N) is 2. The van der Waals surface area contributed by atoms with Gasteiger partial charge in [-0.05, 0) is 38.7 Å². The van der Waals surface area contributed by atoms with Gasteiger partial charge in [0.05, 0.1) is 19.0 Å². The molecule has 1 saturated heterocycles. The number of ether oxygens (including phenoxy) is 2. The molecule has 8 heteroatoms. The van der Waals surface area contributed by atoms with Crippen molar-refractivity contribution in [2.75, 3.05) is 59.6 Å². The maximum absolute atomic E-state index is 14.5. The van der Waals surface area contributed by atoms with Gasteiger partial charge in [-0.25, -0.2) is 8.78 Å².